The van der Waals surface area contributed by atoms with Crippen LogP contribution in [0.5, 0.6) is 11.5 Å². The van der Waals surface area contributed by atoms with Crippen LogP contribution in [0.4, 0.5) is 10.1 Å². The minimum absolute atomic E-state index is 0.0320. The smallest absolute Gasteiger partial charge is 0.340 e. The van der Waals surface area contributed by atoms with Crippen LogP contribution in [0.15, 0.2) is 66.7 Å². The number of anilines is 1. The number of carbonyl (C=O) groups is 3. The number of ether oxygens (including phenoxy) is 3. The molecule has 3 aromatic carbocycles. The van der Waals surface area contributed by atoms with E-state index in [9.17, 15) is 18.8 Å². The summed E-state index contributed by atoms with van der Waals surface area (Å²) in [6.07, 6.45) is 0.708. The van der Waals surface area contributed by atoms with Gasteiger partial charge in [-0.2, -0.15) is 0 Å². The van der Waals surface area contributed by atoms with Gasteiger partial charge in [-0.1, -0.05) is 24.3 Å². The second kappa shape index (κ2) is 11.6. The van der Waals surface area contributed by atoms with E-state index in [0.29, 0.717) is 6.42 Å². The molecule has 0 radical (unpaired) electrons. The monoisotopic (exact) mass is 465 g/mol. The molecule has 0 aliphatic carbocycles. The van der Waals surface area contributed by atoms with E-state index in [2.05, 4.69) is 5.32 Å². The Balaban J connectivity index is 1.60. The van der Waals surface area contributed by atoms with E-state index in [0.717, 1.165) is 23.4 Å². The Morgan fingerprint density at radius 1 is 0.882 bits per heavy atom. The number of esters is 1. The van der Waals surface area contributed by atoms with Crippen molar-refractivity contribution >= 4 is 23.3 Å². The van der Waals surface area contributed by atoms with Crippen molar-refractivity contribution in [1.29, 1.82) is 0 Å². The fourth-order valence-electron chi connectivity index (χ4n) is 3.22. The predicted molar refractivity (Wildman–Crippen MR) is 124 cm³/mol. The first-order chi connectivity index (χ1) is 16.4. The maximum Gasteiger partial charge on any atom is 0.340 e. The molecule has 7 nitrogen and oxygen atoms in total. The van der Waals surface area contributed by atoms with Gasteiger partial charge in [0.05, 0.1) is 31.0 Å². The van der Waals surface area contributed by atoms with Crippen molar-refractivity contribution in [3.63, 3.8) is 0 Å². The van der Waals surface area contributed by atoms with Crippen molar-refractivity contribution in [3.05, 3.63) is 89.2 Å². The highest BCUT2D eigenvalue weighted by Crippen LogP contribution is 2.21. The molecule has 0 aliphatic rings. The summed E-state index contributed by atoms with van der Waals surface area (Å²) in [5, 5.41) is 2.71. The van der Waals surface area contributed by atoms with Gasteiger partial charge in [0.2, 0.25) is 11.7 Å². The summed E-state index contributed by atoms with van der Waals surface area (Å²) in [4.78, 5) is 37.5. The van der Waals surface area contributed by atoms with Gasteiger partial charge in [-0.15, -0.1) is 0 Å². The standard InChI is InChI=1S/C26H24FNO6/c1-32-19-11-7-17(8-12-19)9-14-25(30)28-22-6-4-3-5-20(22)26(31)34-16-23(29)21-15-18(27)10-13-24(21)33-2/h3-8,10-13,15H,9,14,16H2,1-2H3,(H,28,30). The number of rotatable bonds is 10. The van der Waals surface area contributed by atoms with Crippen molar-refractivity contribution in [1.82, 2.24) is 0 Å². The molecular weight excluding hydrogens is 441 g/mol. The lowest BCUT2D eigenvalue weighted by Gasteiger charge is -2.12. The molecule has 176 valence electrons. The van der Waals surface area contributed by atoms with E-state index >= 15 is 0 Å². The van der Waals surface area contributed by atoms with Crippen LogP contribution in [0.3, 0.4) is 0 Å². The Labute approximate surface area is 196 Å². The third-order valence-corrected chi connectivity index (χ3v) is 5.02. The lowest BCUT2D eigenvalue weighted by Crippen LogP contribution is -2.18. The van der Waals surface area contributed by atoms with Gasteiger partial charge in [0.25, 0.3) is 0 Å². The topological polar surface area (TPSA) is 90.9 Å². The molecule has 0 fully saturated rings. The minimum Gasteiger partial charge on any atom is -0.497 e. The van der Waals surface area contributed by atoms with Gasteiger partial charge in [0.15, 0.2) is 6.61 Å². The zero-order valence-electron chi connectivity index (χ0n) is 18.8. The second-order valence-electron chi connectivity index (χ2n) is 7.29. The number of aryl methyl sites for hydroxylation is 1. The second-order valence-corrected chi connectivity index (χ2v) is 7.29. The highest BCUT2D eigenvalue weighted by Gasteiger charge is 2.19. The zero-order valence-corrected chi connectivity index (χ0v) is 18.8. The molecule has 0 bridgehead atoms. The molecule has 1 N–H and O–H groups in total. The number of amides is 1. The molecule has 3 rings (SSSR count). The van der Waals surface area contributed by atoms with Crippen molar-refractivity contribution in [2.75, 3.05) is 26.1 Å². The first-order valence-electron chi connectivity index (χ1n) is 10.5. The number of carbonyl (C=O) groups excluding carboxylic acids is 3. The van der Waals surface area contributed by atoms with Gasteiger partial charge in [-0.3, -0.25) is 9.59 Å². The molecule has 0 saturated heterocycles. The van der Waals surface area contributed by atoms with Gasteiger partial charge in [0, 0.05) is 6.42 Å². The van der Waals surface area contributed by atoms with Crippen molar-refractivity contribution < 1.29 is 33.0 Å². The van der Waals surface area contributed by atoms with Gasteiger partial charge < -0.3 is 19.5 Å². The molecule has 8 heteroatoms. The Bertz CT molecular complexity index is 1180. The molecule has 34 heavy (non-hydrogen) atoms. The van der Waals surface area contributed by atoms with Crippen molar-refractivity contribution in [2.24, 2.45) is 0 Å². The fourth-order valence-corrected chi connectivity index (χ4v) is 3.22. The highest BCUT2D eigenvalue weighted by molar-refractivity contribution is 6.04. The molecule has 0 atom stereocenters. The molecule has 0 spiro atoms. The number of Topliss-reactive ketones (excluding diaryl/α,β-unsaturated/α-hetero) is 1. The number of methoxy groups -OCH3 is 2. The number of halogens is 1. The summed E-state index contributed by atoms with van der Waals surface area (Å²) in [6, 6.07) is 17.2. The van der Waals surface area contributed by atoms with Crippen LogP contribution in [0, 0.1) is 5.82 Å². The predicted octanol–water partition coefficient (Wildman–Crippen LogP) is 4.45. The summed E-state index contributed by atoms with van der Waals surface area (Å²) in [5.74, 6) is -1.41. The summed E-state index contributed by atoms with van der Waals surface area (Å²) in [5.41, 5.74) is 1.30. The van der Waals surface area contributed by atoms with E-state index in [4.69, 9.17) is 14.2 Å². The quantitative estimate of drug-likeness (QED) is 0.351. The van der Waals surface area contributed by atoms with E-state index in [-0.39, 0.29) is 34.9 Å². The maximum atomic E-state index is 13.5. The first kappa shape index (κ1) is 24.4. The molecule has 1 amide bonds. The maximum absolute atomic E-state index is 13.5. The third kappa shape index (κ3) is 6.41. The molecule has 0 aromatic heterocycles. The number of benzene rings is 3. The Kier molecular flexibility index (Phi) is 8.34. The van der Waals surface area contributed by atoms with Crippen molar-refractivity contribution in [3.8, 4) is 11.5 Å². The Morgan fingerprint density at radius 3 is 2.32 bits per heavy atom. The van der Waals surface area contributed by atoms with Crippen LogP contribution in [0.2, 0.25) is 0 Å². The minimum atomic E-state index is -0.797. The van der Waals surface area contributed by atoms with Gasteiger partial charge in [-0.25, -0.2) is 9.18 Å². The average Bonchev–Trinajstić information content (AvgIpc) is 2.86. The van der Waals surface area contributed by atoms with Crippen LogP contribution >= 0.6 is 0 Å². The molecular formula is C26H24FNO6. The van der Waals surface area contributed by atoms with E-state index in [1.165, 1.54) is 19.2 Å². The summed E-state index contributed by atoms with van der Waals surface area (Å²) in [6.45, 7) is -0.613. The molecule has 0 saturated carbocycles. The number of para-hydroxylation sites is 1. The van der Waals surface area contributed by atoms with E-state index < -0.39 is 24.2 Å². The van der Waals surface area contributed by atoms with Gasteiger partial charge in [-0.05, 0) is 54.4 Å². The average molecular weight is 465 g/mol. The van der Waals surface area contributed by atoms with Crippen LogP contribution in [-0.2, 0) is 16.0 Å². The fraction of sp³-hybridized carbons (Fsp3) is 0.192. The number of hydrogen-bond donors (Lipinski definition) is 1. The Morgan fingerprint density at radius 2 is 1.62 bits per heavy atom. The Hall–Kier alpha value is -4.20. The van der Waals surface area contributed by atoms with Crippen molar-refractivity contribution in [2.45, 2.75) is 12.8 Å². The molecule has 0 aliphatic heterocycles. The summed E-state index contributed by atoms with van der Waals surface area (Å²) >= 11 is 0. The molecule has 0 unspecified atom stereocenters. The van der Waals surface area contributed by atoms with E-state index in [1.54, 1.807) is 25.3 Å². The number of ketones is 1. The SMILES string of the molecule is COc1ccc(CCC(=O)Nc2ccccc2C(=O)OCC(=O)c2cc(F)ccc2OC)cc1. The number of hydrogen-bond acceptors (Lipinski definition) is 6. The van der Waals surface area contributed by atoms with Crippen LogP contribution in [-0.4, -0.2) is 38.5 Å². The van der Waals surface area contributed by atoms with Crippen LogP contribution in [0.1, 0.15) is 32.7 Å². The largest absolute Gasteiger partial charge is 0.497 e. The van der Waals surface area contributed by atoms with E-state index in [1.807, 2.05) is 24.3 Å². The molecule has 0 heterocycles. The molecule has 3 aromatic rings. The lowest BCUT2D eigenvalue weighted by molar-refractivity contribution is -0.116. The summed E-state index contributed by atoms with van der Waals surface area (Å²) in [7, 11) is 2.93. The number of nitrogens with one attached hydrogen (secondary N) is 1. The lowest BCUT2D eigenvalue weighted by atomic mass is 10.1. The van der Waals surface area contributed by atoms with Crippen LogP contribution in [0.25, 0.3) is 0 Å². The third-order valence-electron chi connectivity index (χ3n) is 5.02. The zero-order chi connectivity index (χ0) is 24.5. The van der Waals surface area contributed by atoms with Gasteiger partial charge >= 0.3 is 5.97 Å². The summed E-state index contributed by atoms with van der Waals surface area (Å²) < 4.78 is 28.8. The first-order valence-corrected chi connectivity index (χ1v) is 10.5. The van der Waals surface area contributed by atoms with Crippen LogP contribution < -0.4 is 14.8 Å². The highest BCUT2D eigenvalue weighted by atomic mass is 19.1. The van der Waals surface area contributed by atoms with Gasteiger partial charge in [0.1, 0.15) is 17.3 Å². The normalized spacial score (nSPS) is 10.3.